The molecule has 0 fully saturated rings. The maximum atomic E-state index is 14.1. The largest absolute Gasteiger partial charge is 0.465 e. The third kappa shape index (κ3) is 3.08. The summed E-state index contributed by atoms with van der Waals surface area (Å²) in [6.07, 6.45) is 0. The fourth-order valence-electron chi connectivity index (χ4n) is 1.90. The smallest absolute Gasteiger partial charge is 0.337 e. The lowest BCUT2D eigenvalue weighted by molar-refractivity contribution is 0.0591. The number of carbonyl (C=O) groups is 2. The van der Waals surface area contributed by atoms with Crippen LogP contribution in [0.1, 0.15) is 20.7 Å². The lowest BCUT2D eigenvalue weighted by Crippen LogP contribution is -2.02. The van der Waals surface area contributed by atoms with Gasteiger partial charge in [0.1, 0.15) is 5.82 Å². The lowest BCUT2D eigenvalue weighted by Gasteiger charge is -2.06. The van der Waals surface area contributed by atoms with E-state index >= 15 is 0 Å². The fraction of sp³-hybridized carbons (Fsp3) is 0.125. The lowest BCUT2D eigenvalue weighted by atomic mass is 10.0. The van der Waals surface area contributed by atoms with Gasteiger partial charge in [0.05, 0.1) is 25.3 Å². The highest BCUT2D eigenvalue weighted by Crippen LogP contribution is 2.24. The van der Waals surface area contributed by atoms with E-state index in [0.717, 1.165) is 6.07 Å². The van der Waals surface area contributed by atoms with Crippen LogP contribution in [-0.4, -0.2) is 26.2 Å². The van der Waals surface area contributed by atoms with Crippen molar-refractivity contribution in [2.45, 2.75) is 0 Å². The monoisotopic (exact) mass is 288 g/mol. The van der Waals surface area contributed by atoms with Crippen molar-refractivity contribution in [3.63, 3.8) is 0 Å². The van der Waals surface area contributed by atoms with Gasteiger partial charge in [0.15, 0.2) is 0 Å². The van der Waals surface area contributed by atoms with E-state index in [0.29, 0.717) is 16.7 Å². The van der Waals surface area contributed by atoms with Crippen molar-refractivity contribution < 1.29 is 23.5 Å². The molecule has 0 aromatic heterocycles. The van der Waals surface area contributed by atoms with Gasteiger partial charge in [-0.1, -0.05) is 18.2 Å². The maximum Gasteiger partial charge on any atom is 0.337 e. The van der Waals surface area contributed by atoms with Gasteiger partial charge in [-0.25, -0.2) is 14.0 Å². The molecule has 0 N–H and O–H groups in total. The van der Waals surface area contributed by atoms with Crippen molar-refractivity contribution in [3.05, 3.63) is 59.4 Å². The van der Waals surface area contributed by atoms with Crippen LogP contribution in [-0.2, 0) is 9.47 Å². The van der Waals surface area contributed by atoms with Crippen LogP contribution in [0.3, 0.4) is 0 Å². The van der Waals surface area contributed by atoms with E-state index in [1.54, 1.807) is 24.3 Å². The summed E-state index contributed by atoms with van der Waals surface area (Å²) in [5.74, 6) is -1.59. The van der Waals surface area contributed by atoms with Gasteiger partial charge in [0.2, 0.25) is 0 Å². The van der Waals surface area contributed by atoms with Crippen molar-refractivity contribution in [2.75, 3.05) is 14.2 Å². The molecular weight excluding hydrogens is 275 g/mol. The van der Waals surface area contributed by atoms with E-state index in [9.17, 15) is 14.0 Å². The Morgan fingerprint density at radius 3 is 1.90 bits per heavy atom. The molecule has 0 amide bonds. The Labute approximate surface area is 121 Å². The molecule has 0 aliphatic rings. The second kappa shape index (κ2) is 6.17. The van der Waals surface area contributed by atoms with Crippen LogP contribution in [0, 0.1) is 5.82 Å². The molecule has 5 heteroatoms. The molecule has 108 valence electrons. The Balaban J connectivity index is 2.34. The average Bonchev–Trinajstić information content (AvgIpc) is 2.53. The number of rotatable bonds is 3. The van der Waals surface area contributed by atoms with E-state index in [1.807, 2.05) is 0 Å². The van der Waals surface area contributed by atoms with E-state index in [-0.39, 0.29) is 5.56 Å². The number of hydrogen-bond donors (Lipinski definition) is 0. The molecule has 0 atom stereocenters. The number of ether oxygens (including phenoxy) is 2. The number of benzene rings is 2. The van der Waals surface area contributed by atoms with Gasteiger partial charge in [-0.3, -0.25) is 0 Å². The molecule has 0 saturated heterocycles. The van der Waals surface area contributed by atoms with Crippen molar-refractivity contribution in [2.24, 2.45) is 0 Å². The quantitative estimate of drug-likeness (QED) is 0.814. The third-order valence-corrected chi connectivity index (χ3v) is 3.01. The zero-order chi connectivity index (χ0) is 15.4. The minimum absolute atomic E-state index is 0.143. The molecule has 0 unspecified atom stereocenters. The molecule has 21 heavy (non-hydrogen) atoms. The van der Waals surface area contributed by atoms with E-state index in [4.69, 9.17) is 0 Å². The van der Waals surface area contributed by atoms with Crippen molar-refractivity contribution in [1.29, 1.82) is 0 Å². The summed E-state index contributed by atoms with van der Waals surface area (Å²) in [4.78, 5) is 22.7. The Bertz CT molecular complexity index is 677. The highest BCUT2D eigenvalue weighted by Gasteiger charge is 2.12. The summed E-state index contributed by atoms with van der Waals surface area (Å²) < 4.78 is 23.2. The summed E-state index contributed by atoms with van der Waals surface area (Å²) in [5.41, 5.74) is 1.45. The number of halogens is 1. The molecule has 0 aliphatic heterocycles. The molecule has 2 aromatic carbocycles. The minimum Gasteiger partial charge on any atom is -0.465 e. The van der Waals surface area contributed by atoms with Gasteiger partial charge >= 0.3 is 11.9 Å². The van der Waals surface area contributed by atoms with Crippen molar-refractivity contribution >= 4 is 11.9 Å². The zero-order valence-electron chi connectivity index (χ0n) is 11.6. The molecule has 0 heterocycles. The number of hydrogen-bond acceptors (Lipinski definition) is 4. The van der Waals surface area contributed by atoms with Crippen LogP contribution in [0.5, 0.6) is 0 Å². The number of carbonyl (C=O) groups excluding carboxylic acids is 2. The maximum absolute atomic E-state index is 14.1. The zero-order valence-corrected chi connectivity index (χ0v) is 11.6. The van der Waals surface area contributed by atoms with E-state index in [2.05, 4.69) is 9.47 Å². The first kappa shape index (κ1) is 14.7. The summed E-state index contributed by atoms with van der Waals surface area (Å²) >= 11 is 0. The van der Waals surface area contributed by atoms with Gasteiger partial charge in [-0.15, -0.1) is 0 Å². The average molecular weight is 288 g/mol. The Morgan fingerprint density at radius 2 is 1.38 bits per heavy atom. The van der Waals surface area contributed by atoms with Crippen LogP contribution in [0.15, 0.2) is 42.5 Å². The van der Waals surface area contributed by atoms with Gasteiger partial charge < -0.3 is 9.47 Å². The Morgan fingerprint density at radius 1 is 0.857 bits per heavy atom. The molecule has 2 aromatic rings. The first-order chi connectivity index (χ1) is 10.1. The highest BCUT2D eigenvalue weighted by molar-refractivity contribution is 5.91. The summed E-state index contributed by atoms with van der Waals surface area (Å²) in [6, 6.07) is 10.4. The molecule has 0 spiro atoms. The predicted octanol–water partition coefficient (Wildman–Crippen LogP) is 3.07. The molecular formula is C16H13FO4. The summed E-state index contributed by atoms with van der Waals surface area (Å²) in [5, 5.41) is 0. The predicted molar refractivity (Wildman–Crippen MR) is 74.5 cm³/mol. The minimum atomic E-state index is -0.596. The van der Waals surface area contributed by atoms with Crippen LogP contribution < -0.4 is 0 Å². The van der Waals surface area contributed by atoms with Crippen molar-refractivity contribution in [1.82, 2.24) is 0 Å². The summed E-state index contributed by atoms with van der Waals surface area (Å²) in [6.45, 7) is 0. The molecule has 4 nitrogen and oxygen atoms in total. The SMILES string of the molecule is COC(=O)c1ccc(-c2ccc(C(=O)OC)cc2F)cc1. The molecule has 0 radical (unpaired) electrons. The number of esters is 2. The Hall–Kier alpha value is -2.69. The number of methoxy groups -OCH3 is 2. The van der Waals surface area contributed by atoms with E-state index in [1.165, 1.54) is 26.4 Å². The van der Waals surface area contributed by atoms with Gasteiger partial charge in [-0.05, 0) is 29.8 Å². The van der Waals surface area contributed by atoms with Crippen molar-refractivity contribution in [3.8, 4) is 11.1 Å². The molecule has 0 aliphatic carbocycles. The topological polar surface area (TPSA) is 52.6 Å². The Kier molecular flexibility index (Phi) is 4.33. The highest BCUT2D eigenvalue weighted by atomic mass is 19.1. The van der Waals surface area contributed by atoms with Gasteiger partial charge in [0, 0.05) is 5.56 Å². The first-order valence-corrected chi connectivity index (χ1v) is 6.13. The second-order valence-electron chi connectivity index (χ2n) is 4.26. The van der Waals surface area contributed by atoms with Crippen LogP contribution in [0.25, 0.3) is 11.1 Å². The third-order valence-electron chi connectivity index (χ3n) is 3.01. The summed E-state index contributed by atoms with van der Waals surface area (Å²) in [7, 11) is 2.53. The van der Waals surface area contributed by atoms with Crippen LogP contribution in [0.4, 0.5) is 4.39 Å². The van der Waals surface area contributed by atoms with E-state index < -0.39 is 17.8 Å². The second-order valence-corrected chi connectivity index (χ2v) is 4.26. The first-order valence-electron chi connectivity index (χ1n) is 6.13. The standard InChI is InChI=1S/C16H13FO4/c1-20-15(18)11-5-3-10(4-6-11)13-8-7-12(9-14(13)17)16(19)21-2/h3-9H,1-2H3. The van der Waals surface area contributed by atoms with Crippen LogP contribution >= 0.6 is 0 Å². The molecule has 0 bridgehead atoms. The fourth-order valence-corrected chi connectivity index (χ4v) is 1.90. The van der Waals surface area contributed by atoms with Gasteiger partial charge in [-0.2, -0.15) is 0 Å². The molecule has 2 rings (SSSR count). The van der Waals surface area contributed by atoms with Gasteiger partial charge in [0.25, 0.3) is 0 Å². The normalized spacial score (nSPS) is 10.0. The van der Waals surface area contributed by atoms with Crippen LogP contribution in [0.2, 0.25) is 0 Å². The molecule has 0 saturated carbocycles.